The average molecular weight is 293 g/mol. The summed E-state index contributed by atoms with van der Waals surface area (Å²) in [6.45, 7) is 13.6. The molecule has 1 saturated carbocycles. The molecular formula is C16H27N3S. The van der Waals surface area contributed by atoms with Crippen molar-refractivity contribution in [3.8, 4) is 0 Å². The van der Waals surface area contributed by atoms with Crippen molar-refractivity contribution in [3.05, 3.63) is 16.1 Å². The van der Waals surface area contributed by atoms with Crippen molar-refractivity contribution in [2.75, 3.05) is 19.6 Å². The highest BCUT2D eigenvalue weighted by molar-refractivity contribution is 7.09. The van der Waals surface area contributed by atoms with Gasteiger partial charge in [-0.05, 0) is 25.7 Å². The zero-order valence-electron chi connectivity index (χ0n) is 13.2. The quantitative estimate of drug-likeness (QED) is 0.928. The maximum absolute atomic E-state index is 4.88. The minimum atomic E-state index is 0.165. The molecule has 1 aliphatic carbocycles. The molecule has 112 valence electrons. The molecule has 1 saturated heterocycles. The van der Waals surface area contributed by atoms with Gasteiger partial charge in [-0.25, -0.2) is 4.98 Å². The van der Waals surface area contributed by atoms with Gasteiger partial charge < -0.3 is 5.32 Å². The highest BCUT2D eigenvalue weighted by atomic mass is 32.1. The molecule has 0 aromatic carbocycles. The summed E-state index contributed by atoms with van der Waals surface area (Å²) in [6, 6.07) is 0. The summed E-state index contributed by atoms with van der Waals surface area (Å²) in [6.07, 6.45) is 2.81. The fraction of sp³-hybridized carbons (Fsp3) is 0.812. The van der Waals surface area contributed by atoms with Crippen molar-refractivity contribution in [2.24, 2.45) is 5.92 Å². The lowest BCUT2D eigenvalue weighted by atomic mass is 9.91. The Kier molecular flexibility index (Phi) is 3.68. The Morgan fingerprint density at radius 3 is 2.80 bits per heavy atom. The van der Waals surface area contributed by atoms with Crippen LogP contribution in [0.5, 0.6) is 0 Å². The molecule has 0 amide bonds. The predicted octanol–water partition coefficient (Wildman–Crippen LogP) is 3.01. The van der Waals surface area contributed by atoms with E-state index in [2.05, 4.69) is 43.3 Å². The molecule has 3 nitrogen and oxygen atoms in total. The standard InChI is InChI=1S/C16H27N3S/c1-15(2,3)13-10-20-14(18-13)9-19-8-7-17-11-16(19,4)12-5-6-12/h10,12,17H,5-9,11H2,1-4H3. The Morgan fingerprint density at radius 1 is 1.45 bits per heavy atom. The van der Waals surface area contributed by atoms with Crippen molar-refractivity contribution in [3.63, 3.8) is 0 Å². The first-order chi connectivity index (χ1) is 9.39. The van der Waals surface area contributed by atoms with Crippen molar-refractivity contribution in [1.82, 2.24) is 15.2 Å². The molecule has 1 aromatic rings. The molecule has 1 unspecified atom stereocenters. The zero-order chi connectivity index (χ0) is 14.4. The van der Waals surface area contributed by atoms with Crippen LogP contribution in [-0.2, 0) is 12.0 Å². The van der Waals surface area contributed by atoms with E-state index in [-0.39, 0.29) is 5.41 Å². The van der Waals surface area contributed by atoms with Crippen LogP contribution < -0.4 is 5.32 Å². The normalized spacial score (nSPS) is 28.8. The number of rotatable bonds is 3. The number of aromatic nitrogens is 1. The van der Waals surface area contributed by atoms with Crippen LogP contribution in [0.25, 0.3) is 0 Å². The molecule has 2 fully saturated rings. The largest absolute Gasteiger partial charge is 0.314 e. The smallest absolute Gasteiger partial charge is 0.107 e. The minimum Gasteiger partial charge on any atom is -0.314 e. The van der Waals surface area contributed by atoms with E-state index in [1.165, 1.54) is 23.5 Å². The van der Waals surface area contributed by atoms with E-state index < -0.39 is 0 Å². The van der Waals surface area contributed by atoms with Gasteiger partial charge in [0.15, 0.2) is 0 Å². The van der Waals surface area contributed by atoms with Crippen LogP contribution in [0.15, 0.2) is 5.38 Å². The van der Waals surface area contributed by atoms with Gasteiger partial charge in [0.25, 0.3) is 0 Å². The third-order valence-corrected chi connectivity index (χ3v) is 5.70. The van der Waals surface area contributed by atoms with E-state index in [1.807, 2.05) is 11.3 Å². The Balaban J connectivity index is 1.74. The summed E-state index contributed by atoms with van der Waals surface area (Å²) < 4.78 is 0. The maximum atomic E-state index is 4.88. The number of nitrogens with one attached hydrogen (secondary N) is 1. The fourth-order valence-corrected chi connectivity index (χ4v) is 4.22. The molecule has 0 radical (unpaired) electrons. The van der Waals surface area contributed by atoms with E-state index in [0.717, 1.165) is 32.1 Å². The molecule has 2 heterocycles. The highest BCUT2D eigenvalue weighted by Gasteiger charge is 2.46. The minimum absolute atomic E-state index is 0.165. The van der Waals surface area contributed by atoms with Crippen LogP contribution in [0.2, 0.25) is 0 Å². The molecule has 0 spiro atoms. The second kappa shape index (κ2) is 5.08. The molecule has 4 heteroatoms. The second-order valence-corrected chi connectivity index (χ2v) is 8.55. The van der Waals surface area contributed by atoms with Crippen LogP contribution in [0.4, 0.5) is 0 Å². The first-order valence-corrected chi connectivity index (χ1v) is 8.68. The second-order valence-electron chi connectivity index (χ2n) is 7.61. The molecule has 1 N–H and O–H groups in total. The Bertz CT molecular complexity index is 472. The van der Waals surface area contributed by atoms with Gasteiger partial charge in [0.2, 0.25) is 0 Å². The van der Waals surface area contributed by atoms with E-state index in [4.69, 9.17) is 4.98 Å². The van der Waals surface area contributed by atoms with Gasteiger partial charge in [0.05, 0.1) is 12.2 Å². The first kappa shape index (κ1) is 14.5. The first-order valence-electron chi connectivity index (χ1n) is 7.80. The lowest BCUT2D eigenvalue weighted by Crippen LogP contribution is -2.60. The van der Waals surface area contributed by atoms with Crippen LogP contribution in [-0.4, -0.2) is 35.1 Å². The van der Waals surface area contributed by atoms with E-state index >= 15 is 0 Å². The van der Waals surface area contributed by atoms with Crippen LogP contribution in [0.1, 0.15) is 51.2 Å². The zero-order valence-corrected chi connectivity index (χ0v) is 14.0. The third-order valence-electron chi connectivity index (χ3n) is 4.87. The van der Waals surface area contributed by atoms with E-state index in [1.54, 1.807) is 0 Å². The summed E-state index contributed by atoms with van der Waals surface area (Å²) in [4.78, 5) is 7.55. The predicted molar refractivity (Wildman–Crippen MR) is 85.2 cm³/mol. The summed E-state index contributed by atoms with van der Waals surface area (Å²) in [5.41, 5.74) is 1.74. The molecule has 2 aliphatic rings. The average Bonchev–Trinajstić information content (AvgIpc) is 3.12. The fourth-order valence-electron chi connectivity index (χ4n) is 3.18. The Morgan fingerprint density at radius 2 is 2.20 bits per heavy atom. The summed E-state index contributed by atoms with van der Waals surface area (Å²) in [7, 11) is 0. The van der Waals surface area contributed by atoms with Gasteiger partial charge >= 0.3 is 0 Å². The molecular weight excluding hydrogens is 266 g/mol. The lowest BCUT2D eigenvalue weighted by molar-refractivity contribution is 0.0483. The molecule has 3 rings (SSSR count). The highest BCUT2D eigenvalue weighted by Crippen LogP contribution is 2.44. The topological polar surface area (TPSA) is 28.2 Å². The van der Waals surface area contributed by atoms with Gasteiger partial charge in [0, 0.05) is 36.0 Å². The molecule has 1 atom stereocenters. The van der Waals surface area contributed by atoms with E-state index in [0.29, 0.717) is 5.54 Å². The summed E-state index contributed by atoms with van der Waals surface area (Å²) in [5.74, 6) is 0.886. The van der Waals surface area contributed by atoms with E-state index in [9.17, 15) is 0 Å². The van der Waals surface area contributed by atoms with Crippen LogP contribution in [0.3, 0.4) is 0 Å². The van der Waals surface area contributed by atoms with Crippen molar-refractivity contribution in [1.29, 1.82) is 0 Å². The lowest BCUT2D eigenvalue weighted by Gasteiger charge is -2.45. The molecule has 1 aromatic heterocycles. The van der Waals surface area contributed by atoms with Gasteiger partial charge in [0.1, 0.15) is 5.01 Å². The number of hydrogen-bond donors (Lipinski definition) is 1. The number of piperazine rings is 1. The van der Waals surface area contributed by atoms with Crippen molar-refractivity contribution < 1.29 is 0 Å². The third kappa shape index (κ3) is 2.78. The molecule has 0 bridgehead atoms. The molecule has 1 aliphatic heterocycles. The van der Waals surface area contributed by atoms with Crippen molar-refractivity contribution in [2.45, 2.75) is 58.0 Å². The monoisotopic (exact) mass is 293 g/mol. The van der Waals surface area contributed by atoms with Gasteiger partial charge in [-0.2, -0.15) is 0 Å². The van der Waals surface area contributed by atoms with Gasteiger partial charge in [-0.15, -0.1) is 11.3 Å². The van der Waals surface area contributed by atoms with Crippen LogP contribution >= 0.6 is 11.3 Å². The van der Waals surface area contributed by atoms with Gasteiger partial charge in [-0.1, -0.05) is 20.8 Å². The number of hydrogen-bond acceptors (Lipinski definition) is 4. The molecule has 20 heavy (non-hydrogen) atoms. The van der Waals surface area contributed by atoms with Crippen LogP contribution in [0, 0.1) is 5.92 Å². The Labute approximate surface area is 126 Å². The maximum Gasteiger partial charge on any atom is 0.107 e. The summed E-state index contributed by atoms with van der Waals surface area (Å²) in [5, 5.41) is 7.11. The SMILES string of the molecule is CC(C)(C)c1csc(CN2CCNCC2(C)C2CC2)n1. The van der Waals surface area contributed by atoms with Gasteiger partial charge in [-0.3, -0.25) is 4.90 Å². The summed E-state index contributed by atoms with van der Waals surface area (Å²) >= 11 is 1.83. The van der Waals surface area contributed by atoms with Crippen molar-refractivity contribution >= 4 is 11.3 Å². The number of nitrogens with zero attached hydrogens (tertiary/aromatic N) is 2. The number of thiazole rings is 1. The Hall–Kier alpha value is -0.450.